The molecule has 1 rings (SSSR count). The van der Waals surface area contributed by atoms with E-state index in [1.165, 1.54) is 7.11 Å². The molecule has 98 valence electrons. The van der Waals surface area contributed by atoms with Crippen molar-refractivity contribution in [3.05, 3.63) is 29.8 Å². The van der Waals surface area contributed by atoms with Gasteiger partial charge in [-0.1, -0.05) is 25.1 Å². The second-order valence-electron chi connectivity index (χ2n) is 4.40. The normalized spacial score (nSPS) is 11.0. The maximum Gasteiger partial charge on any atom is 0.304 e. The average molecular weight is 252 g/mol. The number of methoxy groups -OCH3 is 1. The largest absolute Gasteiger partial charge is 0.496 e. The van der Waals surface area contributed by atoms with Crippen LogP contribution in [0, 0.1) is 0 Å². The van der Waals surface area contributed by atoms with Crippen LogP contribution in [0.4, 0.5) is 0 Å². The van der Waals surface area contributed by atoms with Gasteiger partial charge >= 0.3 is 11.9 Å². The highest BCUT2D eigenvalue weighted by molar-refractivity contribution is 5.74. The van der Waals surface area contributed by atoms with E-state index in [2.05, 4.69) is 0 Å². The van der Waals surface area contributed by atoms with E-state index in [1.54, 1.807) is 31.2 Å². The van der Waals surface area contributed by atoms with Crippen LogP contribution in [0.1, 0.15) is 25.3 Å². The fraction of sp³-hybridized carbons (Fsp3) is 0.385. The molecule has 0 unspecified atom stereocenters. The van der Waals surface area contributed by atoms with E-state index < -0.39 is 17.4 Å². The number of carboxylic acids is 2. The van der Waals surface area contributed by atoms with Gasteiger partial charge in [0.25, 0.3) is 0 Å². The van der Waals surface area contributed by atoms with Gasteiger partial charge in [-0.15, -0.1) is 0 Å². The van der Waals surface area contributed by atoms with Crippen LogP contribution in [0.5, 0.6) is 5.75 Å². The van der Waals surface area contributed by atoms with Crippen molar-refractivity contribution in [3.8, 4) is 5.75 Å². The molecule has 5 heteroatoms. The summed E-state index contributed by atoms with van der Waals surface area (Å²) in [5.41, 5.74) is -0.401. The third-order valence-electron chi connectivity index (χ3n) is 2.84. The van der Waals surface area contributed by atoms with Gasteiger partial charge in [-0.25, -0.2) is 0 Å². The molecule has 2 N–H and O–H groups in total. The van der Waals surface area contributed by atoms with Gasteiger partial charge in [-0.05, 0) is 6.07 Å². The Kier molecular flexibility index (Phi) is 4.31. The molecule has 0 amide bonds. The maximum atomic E-state index is 10.9. The number of carbonyl (C=O) groups is 2. The zero-order valence-corrected chi connectivity index (χ0v) is 10.3. The zero-order chi connectivity index (χ0) is 13.8. The summed E-state index contributed by atoms with van der Waals surface area (Å²) in [5, 5.41) is 17.9. The second-order valence-corrected chi connectivity index (χ2v) is 4.40. The van der Waals surface area contributed by atoms with Gasteiger partial charge in [0.15, 0.2) is 0 Å². The Bertz CT molecular complexity index is 436. The molecule has 0 spiro atoms. The molecule has 0 heterocycles. The maximum absolute atomic E-state index is 10.9. The topological polar surface area (TPSA) is 83.8 Å². The predicted molar refractivity (Wildman–Crippen MR) is 64.9 cm³/mol. The third kappa shape index (κ3) is 3.23. The monoisotopic (exact) mass is 252 g/mol. The third-order valence-corrected chi connectivity index (χ3v) is 2.84. The van der Waals surface area contributed by atoms with E-state index in [0.717, 1.165) is 0 Å². The number of hydrogen-bond acceptors (Lipinski definition) is 3. The number of hydrogen-bond donors (Lipinski definition) is 2. The van der Waals surface area contributed by atoms with Crippen molar-refractivity contribution >= 4 is 11.9 Å². The lowest BCUT2D eigenvalue weighted by Gasteiger charge is -2.28. The van der Waals surface area contributed by atoms with Crippen molar-refractivity contribution in [1.82, 2.24) is 0 Å². The van der Waals surface area contributed by atoms with Gasteiger partial charge in [0.2, 0.25) is 0 Å². The molecule has 0 aliphatic carbocycles. The lowest BCUT2D eigenvalue weighted by Crippen LogP contribution is -2.29. The summed E-state index contributed by atoms with van der Waals surface area (Å²) in [6.07, 6.45) is -0.528. The number of aliphatic carboxylic acids is 2. The molecule has 0 aliphatic rings. The standard InChI is InChI=1S/C13H16O5/c1-13(7-11(14)15,8-12(16)17)9-5-3-4-6-10(9)18-2/h3-6H,7-8H2,1-2H3,(H,14,15)(H,16,17). The van der Waals surface area contributed by atoms with Crippen LogP contribution in [0.3, 0.4) is 0 Å². The lowest BCUT2D eigenvalue weighted by molar-refractivity contribution is -0.141. The van der Waals surface area contributed by atoms with Gasteiger partial charge in [-0.2, -0.15) is 0 Å². The molecule has 18 heavy (non-hydrogen) atoms. The Morgan fingerprint density at radius 1 is 1.17 bits per heavy atom. The van der Waals surface area contributed by atoms with Gasteiger partial charge in [0.05, 0.1) is 20.0 Å². The zero-order valence-electron chi connectivity index (χ0n) is 10.3. The van der Waals surface area contributed by atoms with E-state index >= 15 is 0 Å². The highest BCUT2D eigenvalue weighted by atomic mass is 16.5. The fourth-order valence-corrected chi connectivity index (χ4v) is 2.06. The van der Waals surface area contributed by atoms with Crippen LogP contribution in [0.2, 0.25) is 0 Å². The lowest BCUT2D eigenvalue weighted by atomic mass is 9.76. The Morgan fingerprint density at radius 3 is 2.11 bits per heavy atom. The van der Waals surface area contributed by atoms with E-state index in [4.69, 9.17) is 14.9 Å². The molecular formula is C13H16O5. The fourth-order valence-electron chi connectivity index (χ4n) is 2.06. The quantitative estimate of drug-likeness (QED) is 0.807. The van der Waals surface area contributed by atoms with Crippen molar-refractivity contribution in [2.24, 2.45) is 0 Å². The van der Waals surface area contributed by atoms with Crippen molar-refractivity contribution in [3.63, 3.8) is 0 Å². The second kappa shape index (κ2) is 5.53. The molecule has 0 atom stereocenters. The van der Waals surface area contributed by atoms with Gasteiger partial charge in [0.1, 0.15) is 5.75 Å². The molecule has 0 radical (unpaired) electrons. The molecule has 0 saturated heterocycles. The van der Waals surface area contributed by atoms with Crippen LogP contribution < -0.4 is 4.74 Å². The van der Waals surface area contributed by atoms with Gasteiger partial charge < -0.3 is 14.9 Å². The molecule has 0 fully saturated rings. The van der Waals surface area contributed by atoms with Crippen LogP contribution >= 0.6 is 0 Å². The Morgan fingerprint density at radius 2 is 1.67 bits per heavy atom. The van der Waals surface area contributed by atoms with Crippen molar-refractivity contribution in [2.45, 2.75) is 25.2 Å². The van der Waals surface area contributed by atoms with Crippen LogP contribution in [-0.4, -0.2) is 29.3 Å². The molecule has 0 aromatic heterocycles. The number of carboxylic acid groups (broad SMARTS) is 2. The minimum absolute atomic E-state index is 0.264. The number of ether oxygens (including phenoxy) is 1. The average Bonchev–Trinajstić information content (AvgIpc) is 2.26. The minimum atomic E-state index is -1.04. The van der Waals surface area contributed by atoms with Crippen molar-refractivity contribution < 1.29 is 24.5 Å². The van der Waals surface area contributed by atoms with Gasteiger partial charge in [-0.3, -0.25) is 9.59 Å². The SMILES string of the molecule is COc1ccccc1C(C)(CC(=O)O)CC(=O)O. The highest BCUT2D eigenvalue weighted by Gasteiger charge is 2.34. The van der Waals surface area contributed by atoms with E-state index in [1.807, 2.05) is 0 Å². The Hall–Kier alpha value is -2.04. The van der Waals surface area contributed by atoms with Crippen LogP contribution in [0.25, 0.3) is 0 Å². The first kappa shape index (κ1) is 14.0. The summed E-state index contributed by atoms with van der Waals surface area (Å²) in [6, 6.07) is 6.88. The van der Waals surface area contributed by atoms with E-state index in [9.17, 15) is 9.59 Å². The van der Waals surface area contributed by atoms with E-state index in [-0.39, 0.29) is 12.8 Å². The number of para-hydroxylation sites is 1. The summed E-state index contributed by atoms with van der Waals surface area (Å²) >= 11 is 0. The van der Waals surface area contributed by atoms with Gasteiger partial charge in [0, 0.05) is 11.0 Å². The minimum Gasteiger partial charge on any atom is -0.496 e. The molecular weight excluding hydrogens is 236 g/mol. The molecule has 0 bridgehead atoms. The molecule has 1 aromatic rings. The molecule has 0 aliphatic heterocycles. The van der Waals surface area contributed by atoms with Crippen molar-refractivity contribution in [2.75, 3.05) is 7.11 Å². The highest BCUT2D eigenvalue weighted by Crippen LogP contribution is 2.37. The molecule has 1 aromatic carbocycles. The molecule has 0 saturated carbocycles. The van der Waals surface area contributed by atoms with Crippen LogP contribution in [-0.2, 0) is 15.0 Å². The smallest absolute Gasteiger partial charge is 0.304 e. The molecule has 5 nitrogen and oxygen atoms in total. The first-order chi connectivity index (χ1) is 8.39. The first-order valence-electron chi connectivity index (χ1n) is 5.46. The first-order valence-corrected chi connectivity index (χ1v) is 5.46. The number of benzene rings is 1. The van der Waals surface area contributed by atoms with E-state index in [0.29, 0.717) is 11.3 Å². The Labute approximate surface area is 105 Å². The van der Waals surface area contributed by atoms with Crippen molar-refractivity contribution in [1.29, 1.82) is 0 Å². The summed E-state index contributed by atoms with van der Waals surface area (Å²) < 4.78 is 5.17. The summed E-state index contributed by atoms with van der Waals surface area (Å²) in [6.45, 7) is 1.62. The van der Waals surface area contributed by atoms with Crippen LogP contribution in [0.15, 0.2) is 24.3 Å². The summed E-state index contributed by atoms with van der Waals surface area (Å²) in [4.78, 5) is 21.9. The summed E-state index contributed by atoms with van der Waals surface area (Å²) in [7, 11) is 1.47. The Balaban J connectivity index is 3.24. The number of rotatable bonds is 6. The predicted octanol–water partition coefficient (Wildman–Crippen LogP) is 1.90. The summed E-state index contributed by atoms with van der Waals surface area (Å²) in [5.74, 6) is -1.57.